The van der Waals surface area contributed by atoms with E-state index in [4.69, 9.17) is 9.15 Å². The molecule has 0 spiro atoms. The van der Waals surface area contributed by atoms with Crippen LogP contribution in [0.2, 0.25) is 0 Å². The normalized spacial score (nSPS) is 18.1. The molecule has 3 heterocycles. The van der Waals surface area contributed by atoms with Crippen molar-refractivity contribution in [2.24, 2.45) is 5.92 Å². The van der Waals surface area contributed by atoms with E-state index in [-0.39, 0.29) is 11.8 Å². The number of rotatable bonds is 4. The van der Waals surface area contributed by atoms with Gasteiger partial charge in [0.25, 0.3) is 0 Å². The van der Waals surface area contributed by atoms with Gasteiger partial charge in [-0.15, -0.1) is 0 Å². The van der Waals surface area contributed by atoms with Crippen LogP contribution >= 0.6 is 0 Å². The Bertz CT molecular complexity index is 575. The molecule has 2 aromatic heterocycles. The summed E-state index contributed by atoms with van der Waals surface area (Å²) in [5.74, 6) is 0.766. The second kappa shape index (κ2) is 5.88. The van der Waals surface area contributed by atoms with Crippen LogP contribution in [0.1, 0.15) is 12.0 Å². The van der Waals surface area contributed by atoms with Crippen LogP contribution in [-0.4, -0.2) is 24.1 Å². The Morgan fingerprint density at radius 2 is 2.40 bits per heavy atom. The monoisotopic (exact) mass is 272 g/mol. The smallest absolute Gasteiger partial charge is 0.225 e. The number of furan rings is 1. The van der Waals surface area contributed by atoms with Crippen molar-refractivity contribution in [2.75, 3.05) is 13.2 Å². The third-order valence-corrected chi connectivity index (χ3v) is 3.37. The Morgan fingerprint density at radius 1 is 1.45 bits per heavy atom. The minimum absolute atomic E-state index is 0.0126. The molecule has 3 rings (SSSR count). The number of hydrogen-bond donors (Lipinski definition) is 1. The number of amides is 1. The van der Waals surface area contributed by atoms with Crippen LogP contribution in [-0.2, 0) is 16.1 Å². The molecule has 0 aromatic carbocycles. The Hall–Kier alpha value is -2.14. The first-order valence-electron chi connectivity index (χ1n) is 6.67. The summed E-state index contributed by atoms with van der Waals surface area (Å²) in [6, 6.07) is 7.49. The van der Waals surface area contributed by atoms with E-state index in [9.17, 15) is 4.79 Å². The van der Waals surface area contributed by atoms with E-state index in [0.29, 0.717) is 19.8 Å². The Morgan fingerprint density at radius 3 is 3.15 bits per heavy atom. The molecule has 0 bridgehead atoms. The van der Waals surface area contributed by atoms with Gasteiger partial charge in [0.1, 0.15) is 5.69 Å². The van der Waals surface area contributed by atoms with Gasteiger partial charge in [-0.2, -0.15) is 0 Å². The lowest BCUT2D eigenvalue weighted by Crippen LogP contribution is -2.30. The molecule has 0 aliphatic carbocycles. The maximum absolute atomic E-state index is 11.9. The van der Waals surface area contributed by atoms with Crippen LogP contribution in [0, 0.1) is 5.92 Å². The van der Waals surface area contributed by atoms with Gasteiger partial charge in [0, 0.05) is 19.3 Å². The van der Waals surface area contributed by atoms with Crippen molar-refractivity contribution in [3.05, 3.63) is 42.3 Å². The highest BCUT2D eigenvalue weighted by atomic mass is 16.5. The highest BCUT2D eigenvalue weighted by Gasteiger charge is 2.22. The first-order chi connectivity index (χ1) is 9.83. The fraction of sp³-hybridized carbons (Fsp3) is 0.333. The highest BCUT2D eigenvalue weighted by molar-refractivity contribution is 5.79. The third kappa shape index (κ3) is 2.88. The molecule has 1 fully saturated rings. The number of carbonyl (C=O) groups is 1. The van der Waals surface area contributed by atoms with E-state index in [1.807, 2.05) is 24.3 Å². The van der Waals surface area contributed by atoms with Gasteiger partial charge in [0.05, 0.1) is 18.8 Å². The number of pyridine rings is 1. The van der Waals surface area contributed by atoms with Gasteiger partial charge in [-0.1, -0.05) is 0 Å². The number of aromatic nitrogens is 1. The van der Waals surface area contributed by atoms with Crippen LogP contribution < -0.4 is 5.32 Å². The first kappa shape index (κ1) is 12.9. The van der Waals surface area contributed by atoms with Gasteiger partial charge in [0.15, 0.2) is 5.76 Å². The minimum Gasteiger partial charge on any atom is -0.463 e. The molecule has 1 saturated heterocycles. The molecule has 1 atom stereocenters. The molecule has 0 radical (unpaired) electrons. The second-order valence-electron chi connectivity index (χ2n) is 4.80. The highest BCUT2D eigenvalue weighted by Crippen LogP contribution is 2.18. The number of nitrogens with zero attached hydrogens (tertiary/aromatic N) is 1. The van der Waals surface area contributed by atoms with Gasteiger partial charge < -0.3 is 14.5 Å². The second-order valence-corrected chi connectivity index (χ2v) is 4.80. The number of hydrogen-bond acceptors (Lipinski definition) is 4. The van der Waals surface area contributed by atoms with Crippen LogP contribution in [0.15, 0.2) is 41.1 Å². The molecule has 0 saturated carbocycles. The molecular weight excluding hydrogens is 256 g/mol. The fourth-order valence-corrected chi connectivity index (χ4v) is 2.22. The first-order valence-corrected chi connectivity index (χ1v) is 6.67. The largest absolute Gasteiger partial charge is 0.463 e. The zero-order valence-electron chi connectivity index (χ0n) is 11.0. The summed E-state index contributed by atoms with van der Waals surface area (Å²) < 4.78 is 10.5. The Balaban J connectivity index is 1.63. The van der Waals surface area contributed by atoms with Crippen molar-refractivity contribution < 1.29 is 13.9 Å². The Kier molecular flexibility index (Phi) is 3.78. The maximum atomic E-state index is 11.9. The summed E-state index contributed by atoms with van der Waals surface area (Å²) in [6.07, 6.45) is 4.14. The van der Waals surface area contributed by atoms with E-state index in [0.717, 1.165) is 23.4 Å². The lowest BCUT2D eigenvalue weighted by atomic mass is 10.1. The zero-order valence-corrected chi connectivity index (χ0v) is 11.0. The summed E-state index contributed by atoms with van der Waals surface area (Å²) in [4.78, 5) is 16.2. The van der Waals surface area contributed by atoms with Crippen molar-refractivity contribution in [2.45, 2.75) is 13.0 Å². The number of carbonyl (C=O) groups excluding carboxylic acids is 1. The maximum Gasteiger partial charge on any atom is 0.225 e. The SMILES string of the molecule is O=C(NCc1ccnc(-c2ccco2)c1)[C@H]1CCOC1. The summed E-state index contributed by atoms with van der Waals surface area (Å²) in [5, 5.41) is 2.94. The lowest BCUT2D eigenvalue weighted by molar-refractivity contribution is -0.125. The number of ether oxygens (including phenoxy) is 1. The molecule has 104 valence electrons. The van der Waals surface area contributed by atoms with Crippen molar-refractivity contribution in [3.8, 4) is 11.5 Å². The van der Waals surface area contributed by atoms with E-state index >= 15 is 0 Å². The summed E-state index contributed by atoms with van der Waals surface area (Å²) in [6.45, 7) is 1.70. The summed E-state index contributed by atoms with van der Waals surface area (Å²) in [7, 11) is 0. The zero-order chi connectivity index (χ0) is 13.8. The topological polar surface area (TPSA) is 64.4 Å². The predicted octanol–water partition coefficient (Wildman–Crippen LogP) is 1.99. The van der Waals surface area contributed by atoms with Gasteiger partial charge >= 0.3 is 0 Å². The van der Waals surface area contributed by atoms with E-state index in [1.165, 1.54) is 0 Å². The predicted molar refractivity (Wildman–Crippen MR) is 72.7 cm³/mol. The van der Waals surface area contributed by atoms with Crippen molar-refractivity contribution >= 4 is 5.91 Å². The summed E-state index contributed by atoms with van der Waals surface area (Å²) >= 11 is 0. The molecule has 5 nitrogen and oxygen atoms in total. The van der Waals surface area contributed by atoms with Crippen LogP contribution in [0.4, 0.5) is 0 Å². The number of nitrogens with one attached hydrogen (secondary N) is 1. The molecule has 1 aliphatic rings. The minimum atomic E-state index is -0.0126. The molecule has 1 N–H and O–H groups in total. The Labute approximate surface area is 117 Å². The van der Waals surface area contributed by atoms with Gasteiger partial charge in [-0.25, -0.2) is 0 Å². The summed E-state index contributed by atoms with van der Waals surface area (Å²) in [5.41, 5.74) is 1.77. The van der Waals surface area contributed by atoms with E-state index < -0.39 is 0 Å². The van der Waals surface area contributed by atoms with Gasteiger partial charge in [-0.05, 0) is 36.2 Å². The van der Waals surface area contributed by atoms with Crippen LogP contribution in [0.3, 0.4) is 0 Å². The molecular formula is C15H16N2O3. The average Bonchev–Trinajstić information content (AvgIpc) is 3.17. The van der Waals surface area contributed by atoms with E-state index in [1.54, 1.807) is 12.5 Å². The molecule has 1 aliphatic heterocycles. The van der Waals surface area contributed by atoms with Crippen molar-refractivity contribution in [3.63, 3.8) is 0 Å². The fourth-order valence-electron chi connectivity index (χ4n) is 2.22. The average molecular weight is 272 g/mol. The standard InChI is InChI=1S/C15H16N2O3/c18-15(12-4-7-19-10-12)17-9-11-3-5-16-13(8-11)14-2-1-6-20-14/h1-3,5-6,8,12H,4,7,9-10H2,(H,17,18)/t12-/m0/s1. The molecule has 0 unspecified atom stereocenters. The van der Waals surface area contributed by atoms with E-state index in [2.05, 4.69) is 10.3 Å². The lowest BCUT2D eigenvalue weighted by Gasteiger charge is -2.09. The van der Waals surface area contributed by atoms with Crippen LogP contribution in [0.5, 0.6) is 0 Å². The molecule has 20 heavy (non-hydrogen) atoms. The van der Waals surface area contributed by atoms with Gasteiger partial charge in [-0.3, -0.25) is 9.78 Å². The van der Waals surface area contributed by atoms with Crippen molar-refractivity contribution in [1.29, 1.82) is 0 Å². The van der Waals surface area contributed by atoms with Crippen LogP contribution in [0.25, 0.3) is 11.5 Å². The molecule has 1 amide bonds. The van der Waals surface area contributed by atoms with Gasteiger partial charge in [0.2, 0.25) is 5.91 Å². The quantitative estimate of drug-likeness (QED) is 0.924. The van der Waals surface area contributed by atoms with Crippen molar-refractivity contribution in [1.82, 2.24) is 10.3 Å². The molecule has 5 heteroatoms. The molecule has 2 aromatic rings. The third-order valence-electron chi connectivity index (χ3n) is 3.37.